The van der Waals surface area contributed by atoms with E-state index in [1.54, 1.807) is 17.8 Å². The summed E-state index contributed by atoms with van der Waals surface area (Å²) in [6.07, 6.45) is 1.09. The van der Waals surface area contributed by atoms with Crippen molar-refractivity contribution in [2.45, 2.75) is 24.9 Å². The number of alkyl halides is 3. The lowest BCUT2D eigenvalue weighted by atomic mass is 10.0. The number of aromatic nitrogens is 3. The summed E-state index contributed by atoms with van der Waals surface area (Å²) < 4.78 is 38.9. The van der Waals surface area contributed by atoms with E-state index in [9.17, 15) is 13.2 Å². The molecule has 0 saturated heterocycles. The minimum Gasteiger partial charge on any atom is -0.244 e. The van der Waals surface area contributed by atoms with E-state index in [-0.39, 0.29) is 0 Å². The second kappa shape index (κ2) is 5.66. The maximum absolute atomic E-state index is 13.0. The Morgan fingerprint density at radius 2 is 1.92 bits per heavy atom. The van der Waals surface area contributed by atoms with Crippen LogP contribution in [0.5, 0.6) is 0 Å². The fraction of sp³-hybridized carbons (Fsp3) is 0.235. The van der Waals surface area contributed by atoms with Gasteiger partial charge in [0, 0.05) is 17.3 Å². The molecule has 1 fully saturated rings. The molecule has 3 aromatic rings. The maximum atomic E-state index is 13.0. The Bertz CT molecular complexity index is 885. The van der Waals surface area contributed by atoms with Crippen molar-refractivity contribution in [2.24, 2.45) is 0 Å². The molecule has 0 radical (unpaired) electrons. The van der Waals surface area contributed by atoms with Crippen LogP contribution < -0.4 is 0 Å². The van der Waals surface area contributed by atoms with Gasteiger partial charge in [-0.2, -0.15) is 13.2 Å². The van der Waals surface area contributed by atoms with Crippen molar-refractivity contribution in [3.05, 3.63) is 53.4 Å². The van der Waals surface area contributed by atoms with Crippen LogP contribution >= 0.6 is 11.3 Å². The molecular formula is C17H12F3N3S. The Balaban J connectivity index is 1.82. The smallest absolute Gasteiger partial charge is 0.244 e. The molecule has 2 heterocycles. The first-order chi connectivity index (χ1) is 11.5. The molecule has 0 unspecified atom stereocenters. The summed E-state index contributed by atoms with van der Waals surface area (Å²) in [5, 5.41) is 0. The summed E-state index contributed by atoms with van der Waals surface area (Å²) in [5.74, 6) is 0.442. The Morgan fingerprint density at radius 1 is 1.08 bits per heavy atom. The number of nitrogens with zero attached hydrogens (tertiary/aromatic N) is 3. The van der Waals surface area contributed by atoms with Crippen molar-refractivity contribution in [3.8, 4) is 21.8 Å². The standard InChI is InChI=1S/C17H12F3N3S/c18-17(19,20)12-3-1-2-11(6-12)14-16(24-9-23-14)15-13(10-4-5-10)7-21-8-22-15/h1-3,6-10H,4-5H2. The topological polar surface area (TPSA) is 38.7 Å². The van der Waals surface area contributed by atoms with Gasteiger partial charge in [-0.05, 0) is 30.9 Å². The summed E-state index contributed by atoms with van der Waals surface area (Å²) in [6.45, 7) is 0. The molecule has 24 heavy (non-hydrogen) atoms. The molecule has 1 aromatic carbocycles. The molecule has 0 bridgehead atoms. The number of hydrogen-bond donors (Lipinski definition) is 0. The number of hydrogen-bond acceptors (Lipinski definition) is 4. The molecule has 1 aliphatic rings. The van der Waals surface area contributed by atoms with Crippen molar-refractivity contribution in [2.75, 3.05) is 0 Å². The van der Waals surface area contributed by atoms with Crippen LogP contribution in [-0.2, 0) is 6.18 Å². The molecule has 3 nitrogen and oxygen atoms in total. The quantitative estimate of drug-likeness (QED) is 0.657. The van der Waals surface area contributed by atoms with E-state index in [0.29, 0.717) is 17.2 Å². The molecule has 0 amide bonds. The second-order valence-electron chi connectivity index (χ2n) is 5.71. The van der Waals surface area contributed by atoms with Crippen LogP contribution in [-0.4, -0.2) is 15.0 Å². The number of thiazole rings is 1. The van der Waals surface area contributed by atoms with Gasteiger partial charge in [0.25, 0.3) is 0 Å². The van der Waals surface area contributed by atoms with Crippen LogP contribution in [0, 0.1) is 0 Å². The first kappa shape index (κ1) is 15.3. The first-order valence-electron chi connectivity index (χ1n) is 7.45. The number of rotatable bonds is 3. The molecule has 0 N–H and O–H groups in total. The lowest BCUT2D eigenvalue weighted by molar-refractivity contribution is -0.137. The lowest BCUT2D eigenvalue weighted by Gasteiger charge is -2.10. The molecule has 122 valence electrons. The van der Waals surface area contributed by atoms with Gasteiger partial charge in [0.05, 0.1) is 27.3 Å². The number of halogens is 3. The van der Waals surface area contributed by atoms with Crippen LogP contribution in [0.4, 0.5) is 13.2 Å². The van der Waals surface area contributed by atoms with Crippen LogP contribution in [0.25, 0.3) is 21.8 Å². The zero-order chi connectivity index (χ0) is 16.7. The van der Waals surface area contributed by atoms with Crippen LogP contribution in [0.1, 0.15) is 29.9 Å². The SMILES string of the molecule is FC(F)(F)c1cccc(-c2ncsc2-c2ncncc2C2CC2)c1. The van der Waals surface area contributed by atoms with Gasteiger partial charge >= 0.3 is 6.18 Å². The highest BCUT2D eigenvalue weighted by atomic mass is 32.1. The third kappa shape index (κ3) is 2.80. The maximum Gasteiger partial charge on any atom is 0.416 e. The van der Waals surface area contributed by atoms with E-state index in [2.05, 4.69) is 15.0 Å². The van der Waals surface area contributed by atoms with Gasteiger partial charge in [-0.15, -0.1) is 11.3 Å². The molecule has 0 aliphatic heterocycles. The zero-order valence-corrected chi connectivity index (χ0v) is 13.2. The van der Waals surface area contributed by atoms with Crippen LogP contribution in [0.2, 0.25) is 0 Å². The van der Waals surface area contributed by atoms with Gasteiger partial charge in [0.2, 0.25) is 0 Å². The Morgan fingerprint density at radius 3 is 2.67 bits per heavy atom. The Labute approximate surface area is 140 Å². The first-order valence-corrected chi connectivity index (χ1v) is 8.33. The monoisotopic (exact) mass is 347 g/mol. The minimum atomic E-state index is -4.37. The highest BCUT2D eigenvalue weighted by Gasteiger charge is 2.32. The average molecular weight is 347 g/mol. The van der Waals surface area contributed by atoms with Gasteiger partial charge in [0.1, 0.15) is 6.33 Å². The molecule has 2 aromatic heterocycles. The van der Waals surface area contributed by atoms with Crippen molar-refractivity contribution < 1.29 is 13.2 Å². The fourth-order valence-corrected chi connectivity index (χ4v) is 3.51. The van der Waals surface area contributed by atoms with E-state index in [1.807, 2.05) is 0 Å². The largest absolute Gasteiger partial charge is 0.416 e. The normalized spacial score (nSPS) is 14.8. The third-order valence-corrected chi connectivity index (χ3v) is 4.84. The van der Waals surface area contributed by atoms with Crippen molar-refractivity contribution >= 4 is 11.3 Å². The molecule has 0 spiro atoms. The molecule has 1 saturated carbocycles. The average Bonchev–Trinajstić information content (AvgIpc) is 3.31. The van der Waals surface area contributed by atoms with Gasteiger partial charge < -0.3 is 0 Å². The Kier molecular flexibility index (Phi) is 3.60. The van der Waals surface area contributed by atoms with Crippen LogP contribution in [0.3, 0.4) is 0 Å². The Hall–Kier alpha value is -2.28. The van der Waals surface area contributed by atoms with Crippen molar-refractivity contribution in [1.82, 2.24) is 15.0 Å². The summed E-state index contributed by atoms with van der Waals surface area (Å²) in [6, 6.07) is 5.25. The molecule has 1 aliphatic carbocycles. The fourth-order valence-electron chi connectivity index (χ4n) is 2.69. The highest BCUT2D eigenvalue weighted by Crippen LogP contribution is 2.46. The number of benzene rings is 1. The summed E-state index contributed by atoms with van der Waals surface area (Å²) in [4.78, 5) is 13.6. The van der Waals surface area contributed by atoms with E-state index < -0.39 is 11.7 Å². The highest BCUT2D eigenvalue weighted by molar-refractivity contribution is 7.13. The van der Waals surface area contributed by atoms with E-state index in [1.165, 1.54) is 23.7 Å². The third-order valence-electron chi connectivity index (χ3n) is 4.00. The van der Waals surface area contributed by atoms with Gasteiger partial charge in [-0.1, -0.05) is 12.1 Å². The zero-order valence-electron chi connectivity index (χ0n) is 12.4. The van der Waals surface area contributed by atoms with E-state index in [4.69, 9.17) is 0 Å². The van der Waals surface area contributed by atoms with E-state index in [0.717, 1.165) is 41.1 Å². The molecule has 7 heteroatoms. The van der Waals surface area contributed by atoms with E-state index >= 15 is 0 Å². The minimum absolute atomic E-state index is 0.442. The molecule has 0 atom stereocenters. The van der Waals surface area contributed by atoms with Gasteiger partial charge in [-0.3, -0.25) is 0 Å². The molecule has 4 rings (SSSR count). The lowest BCUT2D eigenvalue weighted by Crippen LogP contribution is -2.04. The summed E-state index contributed by atoms with van der Waals surface area (Å²) in [5.41, 5.74) is 3.78. The summed E-state index contributed by atoms with van der Waals surface area (Å²) >= 11 is 1.39. The molecular weight excluding hydrogens is 335 g/mol. The van der Waals surface area contributed by atoms with Crippen LogP contribution in [0.15, 0.2) is 42.3 Å². The predicted octanol–water partition coefficient (Wildman–Crippen LogP) is 5.16. The summed E-state index contributed by atoms with van der Waals surface area (Å²) in [7, 11) is 0. The van der Waals surface area contributed by atoms with Gasteiger partial charge in [0.15, 0.2) is 0 Å². The van der Waals surface area contributed by atoms with Crippen molar-refractivity contribution in [1.29, 1.82) is 0 Å². The second-order valence-corrected chi connectivity index (χ2v) is 6.56. The van der Waals surface area contributed by atoms with Gasteiger partial charge in [-0.25, -0.2) is 15.0 Å². The predicted molar refractivity (Wildman–Crippen MR) is 85.6 cm³/mol. The van der Waals surface area contributed by atoms with Crippen molar-refractivity contribution in [3.63, 3.8) is 0 Å².